The highest BCUT2D eigenvalue weighted by molar-refractivity contribution is 7.92. The van der Waals surface area contributed by atoms with Crippen LogP contribution in [0.2, 0.25) is 0 Å². The van der Waals surface area contributed by atoms with Crippen molar-refractivity contribution in [3.05, 3.63) is 42.0 Å². The van der Waals surface area contributed by atoms with E-state index >= 15 is 0 Å². The largest absolute Gasteiger partial charge is 0.277 e. The van der Waals surface area contributed by atoms with Gasteiger partial charge in [0.2, 0.25) is 0 Å². The molecule has 0 unspecified atom stereocenters. The zero-order valence-corrected chi connectivity index (χ0v) is 11.4. The number of anilines is 1. The minimum Gasteiger partial charge on any atom is -0.277 e. The van der Waals surface area contributed by atoms with Crippen LogP contribution in [0.5, 0.6) is 0 Å². The lowest BCUT2D eigenvalue weighted by atomic mass is 10.2. The summed E-state index contributed by atoms with van der Waals surface area (Å²) in [5.74, 6) is -0.614. The highest BCUT2D eigenvalue weighted by atomic mass is 32.2. The first-order chi connectivity index (χ1) is 8.92. The van der Waals surface area contributed by atoms with Crippen molar-refractivity contribution in [2.45, 2.75) is 25.3 Å². The molecule has 0 radical (unpaired) electrons. The number of rotatable bonds is 4. The normalized spacial score (nSPS) is 11.5. The molecular weight excluding hydrogens is 269 g/mol. The van der Waals surface area contributed by atoms with Crippen LogP contribution in [0, 0.1) is 12.7 Å². The summed E-state index contributed by atoms with van der Waals surface area (Å²) in [4.78, 5) is 0.00950. The Bertz CT molecular complexity index is 695. The number of benzene rings is 1. The molecule has 1 aromatic carbocycles. The van der Waals surface area contributed by atoms with E-state index in [1.807, 2.05) is 6.92 Å². The number of hydrogen-bond acceptors (Lipinski definition) is 3. The summed E-state index contributed by atoms with van der Waals surface area (Å²) in [6.07, 6.45) is 2.63. The van der Waals surface area contributed by atoms with Gasteiger partial charge >= 0.3 is 0 Å². The van der Waals surface area contributed by atoms with Gasteiger partial charge in [-0.15, -0.1) is 0 Å². The number of aryl methyl sites for hydroxylation is 2. The number of hydrogen-bond donors (Lipinski definition) is 1. The van der Waals surface area contributed by atoms with E-state index in [-0.39, 0.29) is 10.6 Å². The highest BCUT2D eigenvalue weighted by Crippen LogP contribution is 2.20. The fraction of sp³-hybridized carbons (Fsp3) is 0.250. The van der Waals surface area contributed by atoms with Crippen molar-refractivity contribution >= 4 is 15.7 Å². The molecule has 0 saturated carbocycles. The van der Waals surface area contributed by atoms with Crippen LogP contribution in [0.15, 0.2) is 35.5 Å². The van der Waals surface area contributed by atoms with Crippen LogP contribution in [0.25, 0.3) is 0 Å². The first-order valence-corrected chi connectivity index (χ1v) is 7.22. The van der Waals surface area contributed by atoms with Crippen molar-refractivity contribution in [2.24, 2.45) is 0 Å². The molecule has 0 fully saturated rings. The van der Waals surface area contributed by atoms with Crippen LogP contribution < -0.4 is 4.72 Å². The number of sulfonamides is 1. The lowest BCUT2D eigenvalue weighted by Crippen LogP contribution is -2.13. The van der Waals surface area contributed by atoms with Gasteiger partial charge in [0.1, 0.15) is 10.7 Å². The van der Waals surface area contributed by atoms with E-state index in [0.29, 0.717) is 6.54 Å². The van der Waals surface area contributed by atoms with Crippen LogP contribution in [-0.4, -0.2) is 18.2 Å². The predicted molar refractivity (Wildman–Crippen MR) is 69.8 cm³/mol. The van der Waals surface area contributed by atoms with Gasteiger partial charge in [-0.2, -0.15) is 5.10 Å². The van der Waals surface area contributed by atoms with E-state index in [9.17, 15) is 12.8 Å². The van der Waals surface area contributed by atoms with E-state index in [4.69, 9.17) is 0 Å². The Labute approximate surface area is 111 Å². The Hall–Kier alpha value is -1.89. The second kappa shape index (κ2) is 5.00. The van der Waals surface area contributed by atoms with Crippen LogP contribution in [0.4, 0.5) is 10.1 Å². The maximum Gasteiger partial charge on any atom is 0.265 e. The molecule has 19 heavy (non-hydrogen) atoms. The molecule has 0 amide bonds. The minimum atomic E-state index is -3.82. The second-order valence-corrected chi connectivity index (χ2v) is 5.80. The number of nitrogens with zero attached hydrogens (tertiary/aromatic N) is 2. The van der Waals surface area contributed by atoms with Crippen molar-refractivity contribution < 1.29 is 12.8 Å². The van der Waals surface area contributed by atoms with Crippen molar-refractivity contribution in [3.63, 3.8) is 0 Å². The quantitative estimate of drug-likeness (QED) is 0.935. The summed E-state index contributed by atoms with van der Waals surface area (Å²) < 4.78 is 41.4. The average molecular weight is 283 g/mol. The molecule has 0 atom stereocenters. The van der Waals surface area contributed by atoms with Gasteiger partial charge in [-0.05, 0) is 31.5 Å². The summed E-state index contributed by atoms with van der Waals surface area (Å²) in [7, 11) is -3.82. The van der Waals surface area contributed by atoms with Crippen LogP contribution in [0.1, 0.15) is 12.5 Å². The van der Waals surface area contributed by atoms with Gasteiger partial charge in [0.25, 0.3) is 10.0 Å². The van der Waals surface area contributed by atoms with Gasteiger partial charge in [0.05, 0.1) is 11.9 Å². The molecule has 5 nitrogen and oxygen atoms in total. The van der Waals surface area contributed by atoms with Gasteiger partial charge in [0.15, 0.2) is 0 Å². The van der Waals surface area contributed by atoms with Gasteiger partial charge < -0.3 is 0 Å². The van der Waals surface area contributed by atoms with Crippen molar-refractivity contribution in [3.8, 4) is 0 Å². The van der Waals surface area contributed by atoms with Gasteiger partial charge in [-0.1, -0.05) is 6.07 Å². The maximum atomic E-state index is 13.5. The van der Waals surface area contributed by atoms with E-state index in [1.165, 1.54) is 29.2 Å². The monoisotopic (exact) mass is 283 g/mol. The molecule has 0 saturated heterocycles. The van der Waals surface area contributed by atoms with E-state index in [1.54, 1.807) is 13.0 Å². The van der Waals surface area contributed by atoms with Gasteiger partial charge in [0, 0.05) is 12.7 Å². The highest BCUT2D eigenvalue weighted by Gasteiger charge is 2.18. The third kappa shape index (κ3) is 2.93. The van der Waals surface area contributed by atoms with Gasteiger partial charge in [-0.25, -0.2) is 12.8 Å². The smallest absolute Gasteiger partial charge is 0.265 e. The predicted octanol–water partition coefficient (Wildman–Crippen LogP) is 2.15. The Morgan fingerprint density at radius 3 is 2.79 bits per heavy atom. The Balaban J connectivity index is 2.33. The summed E-state index contributed by atoms with van der Waals surface area (Å²) >= 11 is 0. The lowest BCUT2D eigenvalue weighted by Gasteiger charge is -2.08. The topological polar surface area (TPSA) is 64.0 Å². The molecule has 1 N–H and O–H groups in total. The summed E-state index contributed by atoms with van der Waals surface area (Å²) in [5.41, 5.74) is 0.701. The second-order valence-electron chi connectivity index (χ2n) is 4.12. The third-order valence-electron chi connectivity index (χ3n) is 2.61. The Morgan fingerprint density at radius 1 is 1.42 bits per heavy atom. The minimum absolute atomic E-state index is 0.00950. The van der Waals surface area contributed by atoms with E-state index < -0.39 is 15.8 Å². The molecule has 0 bridgehead atoms. The molecule has 102 valence electrons. The van der Waals surface area contributed by atoms with Crippen LogP contribution >= 0.6 is 0 Å². The number of aromatic nitrogens is 2. The maximum absolute atomic E-state index is 13.5. The zero-order chi connectivity index (χ0) is 14.0. The SMILES string of the molecule is CCn1cc(S(=O)(=O)Nc2cc(C)ccc2F)cn1. The summed E-state index contributed by atoms with van der Waals surface area (Å²) in [6.45, 7) is 4.16. The fourth-order valence-electron chi connectivity index (χ4n) is 1.58. The molecule has 0 aliphatic rings. The lowest BCUT2D eigenvalue weighted by molar-refractivity contribution is 0.598. The molecule has 2 aromatic rings. The Morgan fingerprint density at radius 2 is 2.16 bits per heavy atom. The average Bonchev–Trinajstić information content (AvgIpc) is 2.83. The fourth-order valence-corrected chi connectivity index (χ4v) is 2.59. The van der Waals surface area contributed by atoms with E-state index in [2.05, 4.69) is 9.82 Å². The summed E-state index contributed by atoms with van der Waals surface area (Å²) in [5, 5.41) is 3.89. The van der Waals surface area contributed by atoms with E-state index in [0.717, 1.165) is 5.56 Å². The van der Waals surface area contributed by atoms with Crippen LogP contribution in [0.3, 0.4) is 0 Å². The first-order valence-electron chi connectivity index (χ1n) is 5.74. The number of nitrogens with one attached hydrogen (secondary N) is 1. The molecule has 1 heterocycles. The third-order valence-corrected chi connectivity index (χ3v) is 3.93. The van der Waals surface area contributed by atoms with Crippen molar-refractivity contribution in [2.75, 3.05) is 4.72 Å². The molecule has 7 heteroatoms. The molecule has 0 aliphatic carbocycles. The van der Waals surface area contributed by atoms with Crippen LogP contribution in [-0.2, 0) is 16.6 Å². The molecule has 0 spiro atoms. The summed E-state index contributed by atoms with van der Waals surface area (Å²) in [6, 6.07) is 4.24. The standard InChI is InChI=1S/C12H14FN3O2S/c1-3-16-8-10(7-14-16)19(17,18)15-12-6-9(2)4-5-11(12)13/h4-8,15H,3H2,1-2H3. The van der Waals surface area contributed by atoms with Crippen molar-refractivity contribution in [1.82, 2.24) is 9.78 Å². The molecule has 0 aliphatic heterocycles. The van der Waals surface area contributed by atoms with Gasteiger partial charge in [-0.3, -0.25) is 9.40 Å². The first kappa shape index (κ1) is 13.5. The molecule has 1 aromatic heterocycles. The number of halogens is 1. The van der Waals surface area contributed by atoms with Crippen molar-refractivity contribution in [1.29, 1.82) is 0 Å². The Kier molecular flexibility index (Phi) is 3.57. The molecular formula is C12H14FN3O2S. The zero-order valence-electron chi connectivity index (χ0n) is 10.6. The molecule has 2 rings (SSSR count).